The molecule has 0 radical (unpaired) electrons. The summed E-state index contributed by atoms with van der Waals surface area (Å²) in [7, 11) is 1.96. The Hall–Kier alpha value is -0.540. The summed E-state index contributed by atoms with van der Waals surface area (Å²) in [5.41, 5.74) is 1.89. The summed E-state index contributed by atoms with van der Waals surface area (Å²) in [5.74, 6) is 2.78. The van der Waals surface area contributed by atoms with Gasteiger partial charge in [-0.2, -0.15) is 11.8 Å². The molecule has 96 valence electrons. The van der Waals surface area contributed by atoms with Gasteiger partial charge in [0, 0.05) is 11.8 Å². The van der Waals surface area contributed by atoms with Crippen LogP contribution < -0.4 is 5.32 Å². The summed E-state index contributed by atoms with van der Waals surface area (Å²) in [6, 6.07) is 5.67. The topological polar surface area (TPSA) is 12.0 Å². The molecule has 0 saturated heterocycles. The minimum Gasteiger partial charge on any atom is -0.312 e. The lowest BCUT2D eigenvalue weighted by Gasteiger charge is -2.17. The lowest BCUT2D eigenvalue weighted by molar-refractivity contribution is 0.611. The lowest BCUT2D eigenvalue weighted by Crippen LogP contribution is -2.19. The predicted molar refractivity (Wildman–Crippen MR) is 75.1 cm³/mol. The van der Waals surface area contributed by atoms with Crippen LogP contribution in [0.1, 0.15) is 31.0 Å². The molecule has 0 aromatic heterocycles. The van der Waals surface area contributed by atoms with Gasteiger partial charge >= 0.3 is 0 Å². The molecule has 17 heavy (non-hydrogen) atoms. The highest BCUT2D eigenvalue weighted by Gasteiger charge is 2.11. The second-order valence-corrected chi connectivity index (χ2v) is 5.86. The number of aryl methyl sites for hydroxylation is 1. The summed E-state index contributed by atoms with van der Waals surface area (Å²) in [6.45, 7) is 6.26. The minimum absolute atomic E-state index is 0.126. The van der Waals surface area contributed by atoms with E-state index in [9.17, 15) is 4.39 Å². The number of hydrogen-bond donors (Lipinski definition) is 1. The Labute approximate surface area is 108 Å². The highest BCUT2D eigenvalue weighted by Crippen LogP contribution is 2.21. The zero-order chi connectivity index (χ0) is 12.8. The van der Waals surface area contributed by atoms with E-state index >= 15 is 0 Å². The van der Waals surface area contributed by atoms with Crippen molar-refractivity contribution in [3.05, 3.63) is 35.1 Å². The Kier molecular flexibility index (Phi) is 6.00. The molecular weight excluding hydrogens is 233 g/mol. The maximum absolute atomic E-state index is 13.2. The first-order chi connectivity index (χ1) is 8.04. The largest absolute Gasteiger partial charge is 0.312 e. The molecule has 0 heterocycles. The van der Waals surface area contributed by atoms with Gasteiger partial charge in [-0.1, -0.05) is 26.0 Å². The fourth-order valence-corrected chi connectivity index (χ4v) is 2.85. The van der Waals surface area contributed by atoms with Gasteiger partial charge < -0.3 is 5.32 Å². The Bertz CT molecular complexity index is 352. The van der Waals surface area contributed by atoms with Crippen molar-refractivity contribution >= 4 is 11.8 Å². The number of hydrogen-bond acceptors (Lipinski definition) is 2. The minimum atomic E-state index is -0.126. The molecule has 0 amide bonds. The molecule has 1 aromatic carbocycles. The van der Waals surface area contributed by atoms with Crippen LogP contribution in [0.2, 0.25) is 0 Å². The fourth-order valence-electron chi connectivity index (χ4n) is 1.65. The zero-order valence-electron chi connectivity index (χ0n) is 11.1. The first kappa shape index (κ1) is 14.5. The van der Waals surface area contributed by atoms with E-state index in [1.165, 1.54) is 11.3 Å². The van der Waals surface area contributed by atoms with E-state index in [4.69, 9.17) is 0 Å². The van der Waals surface area contributed by atoms with Gasteiger partial charge in [-0.15, -0.1) is 0 Å². The number of rotatable bonds is 6. The summed E-state index contributed by atoms with van der Waals surface area (Å²) in [5, 5.41) is 3.30. The molecule has 0 aliphatic carbocycles. The van der Waals surface area contributed by atoms with E-state index in [-0.39, 0.29) is 5.82 Å². The molecule has 0 aliphatic heterocycles. The molecule has 0 spiro atoms. The van der Waals surface area contributed by atoms with E-state index in [1.54, 1.807) is 6.07 Å². The van der Waals surface area contributed by atoms with Crippen molar-refractivity contribution in [1.29, 1.82) is 0 Å². The molecule has 1 atom stereocenters. The maximum atomic E-state index is 13.2. The van der Waals surface area contributed by atoms with Gasteiger partial charge in [0.2, 0.25) is 0 Å². The summed E-state index contributed by atoms with van der Waals surface area (Å²) in [6.07, 6.45) is 0. The lowest BCUT2D eigenvalue weighted by atomic mass is 10.1. The molecule has 1 unspecified atom stereocenters. The quantitative estimate of drug-likeness (QED) is 0.830. The number of thioether (sulfide) groups is 1. The van der Waals surface area contributed by atoms with Crippen LogP contribution in [0.4, 0.5) is 4.39 Å². The first-order valence-electron chi connectivity index (χ1n) is 6.05. The molecule has 0 fully saturated rings. The number of halogens is 1. The van der Waals surface area contributed by atoms with E-state index in [0.29, 0.717) is 12.0 Å². The van der Waals surface area contributed by atoms with Crippen molar-refractivity contribution in [3.63, 3.8) is 0 Å². The number of benzene rings is 1. The van der Waals surface area contributed by atoms with Gasteiger partial charge in [0.15, 0.2) is 0 Å². The van der Waals surface area contributed by atoms with Crippen LogP contribution >= 0.6 is 11.8 Å². The number of nitrogens with one attached hydrogen (secondary N) is 1. The molecular formula is C14H22FNS. The van der Waals surface area contributed by atoms with Crippen LogP contribution in [-0.4, -0.2) is 18.6 Å². The maximum Gasteiger partial charge on any atom is 0.126 e. The van der Waals surface area contributed by atoms with Crippen LogP contribution in [0.25, 0.3) is 0 Å². The van der Waals surface area contributed by atoms with Crippen molar-refractivity contribution in [2.24, 2.45) is 5.92 Å². The molecule has 1 aromatic rings. The molecule has 1 nitrogen and oxygen atoms in total. The molecule has 1 rings (SSSR count). The monoisotopic (exact) mass is 255 g/mol. The standard InChI is InChI=1S/C14H22FNS/c1-10(2)8-17-9-14(16-4)12-5-6-13(15)11(3)7-12/h5-7,10,14,16H,8-9H2,1-4H3. The Morgan fingerprint density at radius 3 is 2.53 bits per heavy atom. The van der Waals surface area contributed by atoms with Crippen molar-refractivity contribution in [2.75, 3.05) is 18.6 Å². The summed E-state index contributed by atoms with van der Waals surface area (Å²) >= 11 is 1.94. The van der Waals surface area contributed by atoms with Gasteiger partial charge in [0.05, 0.1) is 0 Å². The van der Waals surface area contributed by atoms with Crippen molar-refractivity contribution in [3.8, 4) is 0 Å². The average Bonchev–Trinajstić information content (AvgIpc) is 2.28. The van der Waals surface area contributed by atoms with Crippen molar-refractivity contribution in [1.82, 2.24) is 5.32 Å². The predicted octanol–water partition coefficient (Wildman–Crippen LogP) is 3.78. The molecule has 0 bridgehead atoms. The average molecular weight is 255 g/mol. The zero-order valence-corrected chi connectivity index (χ0v) is 11.9. The highest BCUT2D eigenvalue weighted by molar-refractivity contribution is 7.99. The molecule has 0 saturated carbocycles. The van der Waals surface area contributed by atoms with Gasteiger partial charge in [-0.05, 0) is 42.8 Å². The van der Waals surface area contributed by atoms with Gasteiger partial charge in [0.1, 0.15) is 5.82 Å². The summed E-state index contributed by atoms with van der Waals surface area (Å²) in [4.78, 5) is 0. The van der Waals surface area contributed by atoms with E-state index in [0.717, 1.165) is 11.3 Å². The van der Waals surface area contributed by atoms with Crippen LogP contribution in [0, 0.1) is 18.7 Å². The van der Waals surface area contributed by atoms with Gasteiger partial charge in [-0.3, -0.25) is 0 Å². The first-order valence-corrected chi connectivity index (χ1v) is 7.21. The van der Waals surface area contributed by atoms with E-state index in [1.807, 2.05) is 37.9 Å². The Balaban J connectivity index is 2.62. The van der Waals surface area contributed by atoms with Crippen molar-refractivity contribution in [2.45, 2.75) is 26.8 Å². The van der Waals surface area contributed by atoms with Crippen LogP contribution in [0.15, 0.2) is 18.2 Å². The third-order valence-corrected chi connectivity index (χ3v) is 4.14. The normalized spacial score (nSPS) is 13.1. The summed E-state index contributed by atoms with van der Waals surface area (Å²) < 4.78 is 13.2. The van der Waals surface area contributed by atoms with E-state index < -0.39 is 0 Å². The Morgan fingerprint density at radius 1 is 1.29 bits per heavy atom. The van der Waals surface area contributed by atoms with Crippen LogP contribution in [-0.2, 0) is 0 Å². The van der Waals surface area contributed by atoms with E-state index in [2.05, 4.69) is 19.2 Å². The van der Waals surface area contributed by atoms with Gasteiger partial charge in [0.25, 0.3) is 0 Å². The second-order valence-electron chi connectivity index (χ2n) is 4.78. The SMILES string of the molecule is CNC(CSCC(C)C)c1ccc(F)c(C)c1. The second kappa shape index (κ2) is 7.02. The van der Waals surface area contributed by atoms with Crippen LogP contribution in [0.5, 0.6) is 0 Å². The Morgan fingerprint density at radius 2 is 2.00 bits per heavy atom. The highest BCUT2D eigenvalue weighted by atomic mass is 32.2. The van der Waals surface area contributed by atoms with Crippen LogP contribution in [0.3, 0.4) is 0 Å². The fraction of sp³-hybridized carbons (Fsp3) is 0.571. The van der Waals surface area contributed by atoms with Gasteiger partial charge in [-0.25, -0.2) is 4.39 Å². The molecule has 0 aliphatic rings. The molecule has 3 heteroatoms. The molecule has 1 N–H and O–H groups in total. The van der Waals surface area contributed by atoms with Crippen molar-refractivity contribution < 1.29 is 4.39 Å². The third kappa shape index (κ3) is 4.68. The smallest absolute Gasteiger partial charge is 0.126 e. The third-order valence-electron chi connectivity index (χ3n) is 2.67.